The van der Waals surface area contributed by atoms with Gasteiger partial charge in [0.25, 0.3) is 0 Å². The van der Waals surface area contributed by atoms with Gasteiger partial charge in [0.2, 0.25) is 5.91 Å². The molecule has 1 saturated heterocycles. The van der Waals surface area contributed by atoms with Crippen LogP contribution in [-0.4, -0.2) is 31.1 Å². The summed E-state index contributed by atoms with van der Waals surface area (Å²) in [6.07, 6.45) is 7.77. The summed E-state index contributed by atoms with van der Waals surface area (Å²) in [4.78, 5) is 14.5. The van der Waals surface area contributed by atoms with Crippen LogP contribution in [0.25, 0.3) is 0 Å². The van der Waals surface area contributed by atoms with Crippen molar-refractivity contribution >= 4 is 11.6 Å². The number of nitrogens with zero attached hydrogens (tertiary/aromatic N) is 2. The third-order valence-electron chi connectivity index (χ3n) is 4.36. The van der Waals surface area contributed by atoms with Crippen molar-refractivity contribution in [3.8, 4) is 6.07 Å². The number of carbonyl (C=O) groups is 1. The molecule has 2 heterocycles. The second-order valence-corrected chi connectivity index (χ2v) is 5.96. The van der Waals surface area contributed by atoms with Crippen molar-refractivity contribution in [2.45, 2.75) is 37.8 Å². The normalized spacial score (nSPS) is 24.1. The van der Waals surface area contributed by atoms with Crippen LogP contribution in [-0.2, 0) is 9.53 Å². The van der Waals surface area contributed by atoms with Gasteiger partial charge in [-0.05, 0) is 56.0 Å². The van der Waals surface area contributed by atoms with E-state index in [4.69, 9.17) is 10.00 Å². The monoisotopic (exact) mass is 311 g/mol. The summed E-state index contributed by atoms with van der Waals surface area (Å²) in [6.45, 7) is 1.42. The summed E-state index contributed by atoms with van der Waals surface area (Å²) in [6, 6.07) is 9.13. The molecule has 0 spiro atoms. The lowest BCUT2D eigenvalue weighted by molar-refractivity contribution is -0.121. The number of hydrogen-bond acceptors (Lipinski definition) is 4. The molecule has 0 aliphatic carbocycles. The average molecular weight is 311 g/mol. The molecule has 3 rings (SSSR count). The molecule has 1 aromatic rings. The number of nitrogens with one attached hydrogen (secondary N) is 1. The smallest absolute Gasteiger partial charge is 0.244 e. The van der Waals surface area contributed by atoms with E-state index in [1.54, 1.807) is 18.4 Å². The Morgan fingerprint density at radius 2 is 2.13 bits per heavy atom. The highest BCUT2D eigenvalue weighted by Crippen LogP contribution is 2.22. The predicted octanol–water partition coefficient (Wildman–Crippen LogP) is 2.34. The van der Waals surface area contributed by atoms with Crippen molar-refractivity contribution in [2.24, 2.45) is 0 Å². The molecular weight excluding hydrogens is 290 g/mol. The Bertz CT molecular complexity index is 618. The van der Waals surface area contributed by atoms with Crippen LogP contribution in [0.15, 0.2) is 36.6 Å². The van der Waals surface area contributed by atoms with E-state index >= 15 is 0 Å². The third-order valence-corrected chi connectivity index (χ3v) is 4.36. The van der Waals surface area contributed by atoms with Crippen LogP contribution in [0.2, 0.25) is 0 Å². The van der Waals surface area contributed by atoms with Gasteiger partial charge in [-0.25, -0.2) is 0 Å². The van der Waals surface area contributed by atoms with Crippen LogP contribution in [0.3, 0.4) is 0 Å². The SMILES string of the molecule is N#Cc1ccc(N2CCC[C@@H](NC[C@@H]3CCC=CO3)C2=O)cc1. The predicted molar refractivity (Wildman–Crippen MR) is 87.8 cm³/mol. The van der Waals surface area contributed by atoms with Crippen molar-refractivity contribution in [2.75, 3.05) is 18.0 Å². The molecule has 1 amide bonds. The lowest BCUT2D eigenvalue weighted by atomic mass is 10.0. The first-order valence-corrected chi connectivity index (χ1v) is 8.13. The molecule has 1 N–H and O–H groups in total. The standard InChI is InChI=1S/C18H21N3O2/c19-12-14-6-8-15(9-7-14)21-10-3-5-17(18(21)22)20-13-16-4-1-2-11-23-16/h2,6-9,11,16-17,20H,1,3-5,10,13H2/t16-,17+/m0/s1. The first-order chi connectivity index (χ1) is 11.3. The van der Waals surface area contributed by atoms with Crippen LogP contribution >= 0.6 is 0 Å². The zero-order valence-corrected chi connectivity index (χ0v) is 13.1. The summed E-state index contributed by atoms with van der Waals surface area (Å²) in [7, 11) is 0. The average Bonchev–Trinajstić information content (AvgIpc) is 2.62. The molecule has 120 valence electrons. The number of hydrogen-bond donors (Lipinski definition) is 1. The van der Waals surface area contributed by atoms with E-state index in [1.807, 2.05) is 23.1 Å². The van der Waals surface area contributed by atoms with E-state index in [2.05, 4.69) is 11.4 Å². The summed E-state index contributed by atoms with van der Waals surface area (Å²) in [5.41, 5.74) is 1.47. The van der Waals surface area contributed by atoms with Crippen molar-refractivity contribution < 1.29 is 9.53 Å². The Labute approximate surface area is 136 Å². The maximum Gasteiger partial charge on any atom is 0.244 e. The first-order valence-electron chi connectivity index (χ1n) is 8.13. The molecule has 0 unspecified atom stereocenters. The maximum absolute atomic E-state index is 12.7. The zero-order chi connectivity index (χ0) is 16.1. The molecule has 0 aromatic heterocycles. The number of anilines is 1. The van der Waals surface area contributed by atoms with Crippen molar-refractivity contribution in [1.29, 1.82) is 5.26 Å². The van der Waals surface area contributed by atoms with Gasteiger partial charge in [-0.2, -0.15) is 5.26 Å². The van der Waals surface area contributed by atoms with E-state index in [-0.39, 0.29) is 18.1 Å². The van der Waals surface area contributed by atoms with Gasteiger partial charge in [0.15, 0.2) is 0 Å². The van der Waals surface area contributed by atoms with Crippen LogP contribution in [0.4, 0.5) is 5.69 Å². The maximum atomic E-state index is 12.7. The Hall–Kier alpha value is -2.32. The molecule has 23 heavy (non-hydrogen) atoms. The van der Waals surface area contributed by atoms with Crippen molar-refractivity contribution in [3.05, 3.63) is 42.2 Å². The second kappa shape index (κ2) is 7.30. The fourth-order valence-electron chi connectivity index (χ4n) is 3.05. The zero-order valence-electron chi connectivity index (χ0n) is 13.1. The van der Waals surface area contributed by atoms with Gasteiger partial charge in [-0.15, -0.1) is 0 Å². The Morgan fingerprint density at radius 1 is 1.30 bits per heavy atom. The fraction of sp³-hybridized carbons (Fsp3) is 0.444. The number of piperidine rings is 1. The van der Waals surface area contributed by atoms with E-state index < -0.39 is 0 Å². The molecular formula is C18H21N3O2. The minimum Gasteiger partial charge on any atom is -0.497 e. The molecule has 2 atom stereocenters. The summed E-state index contributed by atoms with van der Waals surface area (Å²) >= 11 is 0. The largest absolute Gasteiger partial charge is 0.497 e. The lowest BCUT2D eigenvalue weighted by Crippen LogP contribution is -2.52. The number of amides is 1. The van der Waals surface area contributed by atoms with Gasteiger partial charge >= 0.3 is 0 Å². The minimum atomic E-state index is -0.158. The van der Waals surface area contributed by atoms with Gasteiger partial charge in [0.1, 0.15) is 6.10 Å². The van der Waals surface area contributed by atoms with Crippen LogP contribution in [0.5, 0.6) is 0 Å². The van der Waals surface area contributed by atoms with Gasteiger partial charge in [-0.1, -0.05) is 0 Å². The molecule has 1 fully saturated rings. The van der Waals surface area contributed by atoms with Crippen LogP contribution < -0.4 is 10.2 Å². The lowest BCUT2D eigenvalue weighted by Gasteiger charge is -2.33. The van der Waals surface area contributed by atoms with Gasteiger partial charge in [0, 0.05) is 18.8 Å². The number of benzene rings is 1. The van der Waals surface area contributed by atoms with Crippen LogP contribution in [0.1, 0.15) is 31.2 Å². The molecule has 2 aliphatic rings. The number of carbonyl (C=O) groups excluding carboxylic acids is 1. The second-order valence-electron chi connectivity index (χ2n) is 5.96. The van der Waals surface area contributed by atoms with E-state index in [1.165, 1.54) is 0 Å². The quantitative estimate of drug-likeness (QED) is 0.927. The Morgan fingerprint density at radius 3 is 2.83 bits per heavy atom. The van der Waals surface area contributed by atoms with Gasteiger partial charge in [-0.3, -0.25) is 4.79 Å². The van der Waals surface area contributed by atoms with Crippen molar-refractivity contribution in [3.63, 3.8) is 0 Å². The molecule has 1 aromatic carbocycles. The highest BCUT2D eigenvalue weighted by Gasteiger charge is 2.30. The molecule has 2 aliphatic heterocycles. The fourth-order valence-corrected chi connectivity index (χ4v) is 3.05. The first kappa shape index (κ1) is 15.6. The molecule has 0 bridgehead atoms. The van der Waals surface area contributed by atoms with Crippen LogP contribution in [0, 0.1) is 11.3 Å². The summed E-state index contributed by atoms with van der Waals surface area (Å²) in [5, 5.41) is 12.2. The molecule has 0 saturated carbocycles. The highest BCUT2D eigenvalue weighted by atomic mass is 16.5. The number of nitriles is 1. The van der Waals surface area contributed by atoms with E-state index in [0.717, 1.165) is 37.9 Å². The minimum absolute atomic E-state index is 0.104. The number of allylic oxidation sites excluding steroid dienone is 1. The Balaban J connectivity index is 1.61. The van der Waals surface area contributed by atoms with Crippen molar-refractivity contribution in [1.82, 2.24) is 5.32 Å². The third kappa shape index (κ3) is 3.72. The molecule has 5 heteroatoms. The topological polar surface area (TPSA) is 65.4 Å². The number of rotatable bonds is 4. The highest BCUT2D eigenvalue weighted by molar-refractivity contribution is 5.97. The van der Waals surface area contributed by atoms with E-state index in [0.29, 0.717) is 12.1 Å². The summed E-state index contributed by atoms with van der Waals surface area (Å²) < 4.78 is 5.54. The summed E-state index contributed by atoms with van der Waals surface area (Å²) in [5.74, 6) is 0.104. The van der Waals surface area contributed by atoms with Gasteiger partial charge in [0.05, 0.1) is 23.9 Å². The Kier molecular flexibility index (Phi) is 4.94. The van der Waals surface area contributed by atoms with Gasteiger partial charge < -0.3 is 15.0 Å². The molecule has 5 nitrogen and oxygen atoms in total. The molecule has 0 radical (unpaired) electrons. The number of ether oxygens (including phenoxy) is 1. The van der Waals surface area contributed by atoms with E-state index in [9.17, 15) is 4.79 Å².